The van der Waals surface area contributed by atoms with E-state index in [9.17, 15) is 9.90 Å². The van der Waals surface area contributed by atoms with Crippen LogP contribution in [0.4, 0.5) is 0 Å². The molecule has 3 N–H and O–H groups in total. The summed E-state index contributed by atoms with van der Waals surface area (Å²) in [5.74, 6) is 1.60. The SMILES string of the molecule is CCc1cc(-c2noc(-c3cnc(OC4CCCC4)c(C)c3)n2)cc(C)c1OCC(O)CNC(=O)CO. The molecular weight excluding hydrogens is 476 g/mol. The molecule has 0 bridgehead atoms. The lowest BCUT2D eigenvalue weighted by Crippen LogP contribution is -2.36. The van der Waals surface area contributed by atoms with E-state index < -0.39 is 18.6 Å². The Morgan fingerprint density at radius 1 is 1.19 bits per heavy atom. The zero-order valence-corrected chi connectivity index (χ0v) is 21.5. The second kappa shape index (κ2) is 12.2. The van der Waals surface area contributed by atoms with Crippen molar-refractivity contribution in [2.24, 2.45) is 0 Å². The molecule has 198 valence electrons. The van der Waals surface area contributed by atoms with Gasteiger partial charge in [0, 0.05) is 23.9 Å². The standard InChI is InChI=1S/C27H34N4O6/c1-4-18-11-19(9-16(2)24(18)35-15-21(33)13-28-23(34)14-32)25-30-27(37-31-25)20-10-17(3)26(29-12-20)36-22-7-5-6-8-22/h9-12,21-22,32-33H,4-8,13-15H2,1-3H3,(H,28,34). The second-order valence-corrected chi connectivity index (χ2v) is 9.36. The number of aliphatic hydroxyl groups is 2. The second-order valence-electron chi connectivity index (χ2n) is 9.36. The molecule has 1 unspecified atom stereocenters. The van der Waals surface area contributed by atoms with Crippen molar-refractivity contribution in [2.75, 3.05) is 19.8 Å². The summed E-state index contributed by atoms with van der Waals surface area (Å²) in [5, 5.41) is 25.5. The Morgan fingerprint density at radius 2 is 1.95 bits per heavy atom. The molecule has 1 aliphatic rings. The molecule has 10 heteroatoms. The molecule has 0 spiro atoms. The highest BCUT2D eigenvalue weighted by atomic mass is 16.5. The van der Waals surface area contributed by atoms with Gasteiger partial charge in [0.2, 0.25) is 17.6 Å². The van der Waals surface area contributed by atoms with E-state index in [1.807, 2.05) is 39.0 Å². The molecule has 1 aromatic carbocycles. The summed E-state index contributed by atoms with van der Waals surface area (Å²) in [4.78, 5) is 20.2. The Bertz CT molecular complexity index is 1220. The van der Waals surface area contributed by atoms with Gasteiger partial charge in [-0.15, -0.1) is 0 Å². The van der Waals surface area contributed by atoms with Gasteiger partial charge in [-0.1, -0.05) is 12.1 Å². The number of hydrogen-bond donors (Lipinski definition) is 3. The van der Waals surface area contributed by atoms with Crippen molar-refractivity contribution in [1.82, 2.24) is 20.4 Å². The van der Waals surface area contributed by atoms with Crippen LogP contribution in [0, 0.1) is 13.8 Å². The van der Waals surface area contributed by atoms with Crippen LogP contribution in [0.15, 0.2) is 28.9 Å². The highest BCUT2D eigenvalue weighted by molar-refractivity contribution is 5.76. The predicted octanol–water partition coefficient (Wildman–Crippen LogP) is 3.15. The molecule has 10 nitrogen and oxygen atoms in total. The van der Waals surface area contributed by atoms with E-state index in [1.165, 1.54) is 12.8 Å². The molecule has 2 aromatic heterocycles. The molecule has 2 heterocycles. The van der Waals surface area contributed by atoms with Gasteiger partial charge >= 0.3 is 0 Å². The maximum atomic E-state index is 11.2. The van der Waals surface area contributed by atoms with E-state index >= 15 is 0 Å². The van der Waals surface area contributed by atoms with E-state index in [0.29, 0.717) is 29.8 Å². The maximum Gasteiger partial charge on any atom is 0.259 e. The average molecular weight is 511 g/mol. The number of carbonyl (C=O) groups is 1. The van der Waals surface area contributed by atoms with Crippen molar-refractivity contribution in [3.05, 3.63) is 41.1 Å². The van der Waals surface area contributed by atoms with Crippen molar-refractivity contribution >= 4 is 5.91 Å². The van der Waals surface area contributed by atoms with Crippen molar-refractivity contribution in [3.8, 4) is 34.5 Å². The highest BCUT2D eigenvalue weighted by Crippen LogP contribution is 2.32. The molecule has 1 aliphatic carbocycles. The zero-order chi connectivity index (χ0) is 26.4. The summed E-state index contributed by atoms with van der Waals surface area (Å²) >= 11 is 0. The van der Waals surface area contributed by atoms with E-state index in [-0.39, 0.29) is 19.3 Å². The Labute approximate surface area is 216 Å². The van der Waals surface area contributed by atoms with Gasteiger partial charge in [0.1, 0.15) is 31.2 Å². The monoisotopic (exact) mass is 510 g/mol. The minimum atomic E-state index is -0.911. The fourth-order valence-electron chi connectivity index (χ4n) is 4.40. The van der Waals surface area contributed by atoms with Crippen LogP contribution in [-0.2, 0) is 11.2 Å². The average Bonchev–Trinajstić information content (AvgIpc) is 3.60. The molecule has 0 saturated heterocycles. The lowest BCUT2D eigenvalue weighted by Gasteiger charge is -2.17. The quantitative estimate of drug-likeness (QED) is 0.355. The number of aromatic nitrogens is 3. The summed E-state index contributed by atoms with van der Waals surface area (Å²) in [7, 11) is 0. The van der Waals surface area contributed by atoms with Crippen molar-refractivity contribution in [2.45, 2.75) is 65.1 Å². The van der Waals surface area contributed by atoms with Crippen LogP contribution in [0.1, 0.15) is 49.3 Å². The van der Waals surface area contributed by atoms with Gasteiger partial charge in [-0.05, 0) is 75.3 Å². The van der Waals surface area contributed by atoms with Crippen LogP contribution >= 0.6 is 0 Å². The van der Waals surface area contributed by atoms with Crippen LogP contribution in [-0.4, -0.2) is 63.2 Å². The van der Waals surface area contributed by atoms with Crippen LogP contribution in [0.2, 0.25) is 0 Å². The van der Waals surface area contributed by atoms with Gasteiger partial charge in [-0.25, -0.2) is 4.98 Å². The Morgan fingerprint density at radius 3 is 2.65 bits per heavy atom. The lowest BCUT2D eigenvalue weighted by atomic mass is 10.0. The van der Waals surface area contributed by atoms with Crippen molar-refractivity contribution in [3.63, 3.8) is 0 Å². The van der Waals surface area contributed by atoms with Gasteiger partial charge in [0.15, 0.2) is 0 Å². The number of pyridine rings is 1. The minimum Gasteiger partial charge on any atom is -0.490 e. The minimum absolute atomic E-state index is 0.00192. The van der Waals surface area contributed by atoms with E-state index in [0.717, 1.165) is 40.7 Å². The van der Waals surface area contributed by atoms with Crippen molar-refractivity contribution in [1.29, 1.82) is 0 Å². The van der Waals surface area contributed by atoms with Crippen LogP contribution in [0.3, 0.4) is 0 Å². The Kier molecular flexibility index (Phi) is 8.73. The number of amides is 1. The number of aliphatic hydroxyl groups excluding tert-OH is 2. The van der Waals surface area contributed by atoms with Crippen molar-refractivity contribution < 1.29 is 29.0 Å². The van der Waals surface area contributed by atoms with E-state index in [1.54, 1.807) is 6.20 Å². The fraction of sp³-hybridized carbons (Fsp3) is 0.481. The molecule has 37 heavy (non-hydrogen) atoms. The van der Waals surface area contributed by atoms with E-state index in [2.05, 4.69) is 20.4 Å². The number of hydrogen-bond acceptors (Lipinski definition) is 9. The summed E-state index contributed by atoms with van der Waals surface area (Å²) < 4.78 is 17.5. The lowest BCUT2D eigenvalue weighted by molar-refractivity contribution is -0.124. The van der Waals surface area contributed by atoms with Crippen LogP contribution in [0.5, 0.6) is 11.6 Å². The number of benzene rings is 1. The van der Waals surface area contributed by atoms with Gasteiger partial charge < -0.3 is 29.5 Å². The molecule has 1 saturated carbocycles. The smallest absolute Gasteiger partial charge is 0.259 e. The van der Waals surface area contributed by atoms with Gasteiger partial charge in [-0.2, -0.15) is 4.98 Å². The molecular formula is C27H34N4O6. The molecule has 0 radical (unpaired) electrons. The fourth-order valence-corrected chi connectivity index (χ4v) is 4.40. The van der Waals surface area contributed by atoms with Gasteiger partial charge in [0.25, 0.3) is 5.89 Å². The molecule has 4 rings (SSSR count). The summed E-state index contributed by atoms with van der Waals surface area (Å²) in [5.41, 5.74) is 4.23. The first kappa shape index (κ1) is 26.6. The number of rotatable bonds is 11. The third-order valence-corrected chi connectivity index (χ3v) is 6.37. The molecule has 1 fully saturated rings. The summed E-state index contributed by atoms with van der Waals surface area (Å²) in [6.45, 7) is 5.25. The van der Waals surface area contributed by atoms with Crippen LogP contribution < -0.4 is 14.8 Å². The number of nitrogens with zero attached hydrogens (tertiary/aromatic N) is 3. The summed E-state index contributed by atoms with van der Waals surface area (Å²) in [6, 6.07) is 5.80. The first-order valence-electron chi connectivity index (χ1n) is 12.7. The predicted molar refractivity (Wildman–Crippen MR) is 136 cm³/mol. The molecule has 1 amide bonds. The van der Waals surface area contributed by atoms with Gasteiger partial charge in [0.05, 0.1) is 5.56 Å². The largest absolute Gasteiger partial charge is 0.490 e. The maximum absolute atomic E-state index is 11.2. The molecule has 1 atom stereocenters. The highest BCUT2D eigenvalue weighted by Gasteiger charge is 2.20. The Hall–Kier alpha value is -3.50. The number of carbonyl (C=O) groups excluding carboxylic acids is 1. The van der Waals surface area contributed by atoms with Crippen LogP contribution in [0.25, 0.3) is 22.8 Å². The normalized spacial score (nSPS) is 14.5. The van der Waals surface area contributed by atoms with Gasteiger partial charge in [-0.3, -0.25) is 4.79 Å². The third kappa shape index (κ3) is 6.64. The molecule has 0 aliphatic heterocycles. The number of nitrogens with one attached hydrogen (secondary N) is 1. The van der Waals surface area contributed by atoms with E-state index in [4.69, 9.17) is 19.1 Å². The third-order valence-electron chi connectivity index (χ3n) is 6.37. The topological polar surface area (TPSA) is 140 Å². The number of ether oxygens (including phenoxy) is 2. The summed E-state index contributed by atoms with van der Waals surface area (Å²) in [6.07, 6.45) is 6.26. The number of aryl methyl sites for hydroxylation is 3. The first-order chi connectivity index (χ1) is 17.9. The molecule has 3 aromatic rings. The first-order valence-corrected chi connectivity index (χ1v) is 12.7. The zero-order valence-electron chi connectivity index (χ0n) is 21.5. The Balaban J connectivity index is 1.46.